The number of hydrogen-bond acceptors (Lipinski definition) is 3. The molecule has 0 radical (unpaired) electrons. The maximum Gasteiger partial charge on any atom is 0.123 e. The van der Waals surface area contributed by atoms with Crippen LogP contribution >= 0.6 is 0 Å². The predicted octanol–water partition coefficient (Wildman–Crippen LogP) is 4.17. The predicted molar refractivity (Wildman–Crippen MR) is 95.2 cm³/mol. The van der Waals surface area contributed by atoms with Crippen molar-refractivity contribution < 1.29 is 4.74 Å². The summed E-state index contributed by atoms with van der Waals surface area (Å²) in [5.41, 5.74) is 4.51. The number of benzene rings is 2. The van der Waals surface area contributed by atoms with Crippen LogP contribution in [0.15, 0.2) is 42.5 Å². The normalized spacial score (nSPS) is 11.6. The van der Waals surface area contributed by atoms with Crippen molar-refractivity contribution in [1.29, 1.82) is 5.26 Å². The van der Waals surface area contributed by atoms with Crippen LogP contribution in [0.2, 0.25) is 0 Å². The summed E-state index contributed by atoms with van der Waals surface area (Å²) in [5.74, 6) is 0.575. The van der Waals surface area contributed by atoms with Gasteiger partial charge in [-0.3, -0.25) is 0 Å². The molecular formula is C20H24N2O. The molecule has 0 bridgehead atoms. The summed E-state index contributed by atoms with van der Waals surface area (Å²) in [6.45, 7) is 2.12. The second-order valence-corrected chi connectivity index (χ2v) is 5.88. The lowest BCUT2D eigenvalue weighted by molar-refractivity contribution is 0.408. The van der Waals surface area contributed by atoms with Crippen LogP contribution in [0.3, 0.4) is 0 Å². The molecule has 0 amide bonds. The van der Waals surface area contributed by atoms with Gasteiger partial charge in [-0.05, 0) is 42.2 Å². The van der Waals surface area contributed by atoms with E-state index in [1.54, 1.807) is 7.11 Å². The molecule has 3 heteroatoms. The molecule has 2 aromatic rings. The Kier molecular flexibility index (Phi) is 5.65. The minimum Gasteiger partial charge on any atom is -0.496 e. The van der Waals surface area contributed by atoms with Gasteiger partial charge in [0.05, 0.1) is 19.1 Å². The lowest BCUT2D eigenvalue weighted by Crippen LogP contribution is -2.09. The van der Waals surface area contributed by atoms with Gasteiger partial charge in [0.25, 0.3) is 0 Å². The van der Waals surface area contributed by atoms with E-state index < -0.39 is 0 Å². The number of anilines is 1. The summed E-state index contributed by atoms with van der Waals surface area (Å²) in [4.78, 5) is 2.07. The van der Waals surface area contributed by atoms with Crippen molar-refractivity contribution in [2.24, 2.45) is 0 Å². The number of ether oxygens (including phenoxy) is 1. The zero-order valence-corrected chi connectivity index (χ0v) is 14.3. The molecule has 0 saturated carbocycles. The standard InChI is InChI=1S/C20H24N2O/c1-5-15-9-10-20(23-4)19(13-15)17(14-21)11-16-7-6-8-18(12-16)22(2)3/h6-10,12-13,17H,5,11H2,1-4H3. The molecular weight excluding hydrogens is 284 g/mol. The quantitative estimate of drug-likeness (QED) is 0.803. The molecule has 120 valence electrons. The maximum absolute atomic E-state index is 9.69. The molecule has 0 aliphatic carbocycles. The second kappa shape index (κ2) is 7.69. The molecule has 0 aliphatic heterocycles. The van der Waals surface area contributed by atoms with Gasteiger partial charge in [-0.15, -0.1) is 0 Å². The highest BCUT2D eigenvalue weighted by atomic mass is 16.5. The molecule has 2 rings (SSSR count). The smallest absolute Gasteiger partial charge is 0.123 e. The SMILES string of the molecule is CCc1ccc(OC)c(C(C#N)Cc2cccc(N(C)C)c2)c1. The van der Waals surface area contributed by atoms with Crippen LogP contribution in [-0.2, 0) is 12.8 Å². The molecule has 0 spiro atoms. The van der Waals surface area contributed by atoms with E-state index in [1.165, 1.54) is 5.56 Å². The van der Waals surface area contributed by atoms with Crippen LogP contribution in [0.4, 0.5) is 5.69 Å². The fourth-order valence-electron chi connectivity index (χ4n) is 2.70. The zero-order chi connectivity index (χ0) is 16.8. The molecule has 0 aliphatic rings. The second-order valence-electron chi connectivity index (χ2n) is 5.88. The van der Waals surface area contributed by atoms with Crippen molar-refractivity contribution in [3.8, 4) is 11.8 Å². The summed E-state index contributed by atoms with van der Waals surface area (Å²) in [6, 6.07) is 16.9. The fourth-order valence-corrected chi connectivity index (χ4v) is 2.70. The Bertz CT molecular complexity index is 701. The van der Waals surface area contributed by atoms with Crippen molar-refractivity contribution in [2.45, 2.75) is 25.7 Å². The number of aryl methyl sites for hydroxylation is 1. The van der Waals surface area contributed by atoms with Crippen molar-refractivity contribution in [2.75, 3.05) is 26.1 Å². The van der Waals surface area contributed by atoms with Crippen LogP contribution < -0.4 is 9.64 Å². The van der Waals surface area contributed by atoms with Gasteiger partial charge in [0.2, 0.25) is 0 Å². The third kappa shape index (κ3) is 4.04. The molecule has 0 heterocycles. The fraction of sp³-hybridized carbons (Fsp3) is 0.350. The minimum atomic E-state index is -0.214. The third-order valence-electron chi connectivity index (χ3n) is 4.10. The number of nitriles is 1. The van der Waals surface area contributed by atoms with Crippen molar-refractivity contribution in [1.82, 2.24) is 0 Å². The molecule has 2 aromatic carbocycles. The van der Waals surface area contributed by atoms with Gasteiger partial charge in [-0.1, -0.05) is 31.2 Å². The van der Waals surface area contributed by atoms with E-state index in [1.807, 2.05) is 26.2 Å². The number of rotatable bonds is 6. The summed E-state index contributed by atoms with van der Waals surface area (Å²) < 4.78 is 5.47. The van der Waals surface area contributed by atoms with E-state index in [0.717, 1.165) is 29.0 Å². The molecule has 23 heavy (non-hydrogen) atoms. The maximum atomic E-state index is 9.69. The largest absolute Gasteiger partial charge is 0.496 e. The average Bonchev–Trinajstić information content (AvgIpc) is 2.59. The Hall–Kier alpha value is -2.47. The molecule has 0 N–H and O–H groups in total. The van der Waals surface area contributed by atoms with Gasteiger partial charge in [-0.25, -0.2) is 0 Å². The topological polar surface area (TPSA) is 36.3 Å². The van der Waals surface area contributed by atoms with E-state index in [9.17, 15) is 5.26 Å². The summed E-state index contributed by atoms with van der Waals surface area (Å²) >= 11 is 0. The highest BCUT2D eigenvalue weighted by Crippen LogP contribution is 2.31. The van der Waals surface area contributed by atoms with Crippen molar-refractivity contribution in [3.63, 3.8) is 0 Å². The van der Waals surface area contributed by atoms with E-state index in [-0.39, 0.29) is 5.92 Å². The Labute approximate surface area is 139 Å². The van der Waals surface area contributed by atoms with Gasteiger partial charge in [-0.2, -0.15) is 5.26 Å². The highest BCUT2D eigenvalue weighted by Gasteiger charge is 2.17. The summed E-state index contributed by atoms with van der Waals surface area (Å²) in [7, 11) is 5.70. The van der Waals surface area contributed by atoms with E-state index in [2.05, 4.69) is 48.2 Å². The molecule has 3 nitrogen and oxygen atoms in total. The first kappa shape index (κ1) is 16.9. The van der Waals surface area contributed by atoms with Crippen LogP contribution in [0.25, 0.3) is 0 Å². The summed E-state index contributed by atoms with van der Waals surface area (Å²) in [6.07, 6.45) is 1.63. The molecule has 1 unspecified atom stereocenters. The summed E-state index contributed by atoms with van der Waals surface area (Å²) in [5, 5.41) is 9.69. The van der Waals surface area contributed by atoms with Gasteiger partial charge in [0.15, 0.2) is 0 Å². The highest BCUT2D eigenvalue weighted by molar-refractivity contribution is 5.49. The Morgan fingerprint density at radius 3 is 2.52 bits per heavy atom. The van der Waals surface area contributed by atoms with Gasteiger partial charge < -0.3 is 9.64 Å². The first-order valence-corrected chi connectivity index (χ1v) is 7.91. The number of methoxy groups -OCH3 is 1. The van der Waals surface area contributed by atoms with E-state index in [4.69, 9.17) is 4.74 Å². The number of nitrogens with zero attached hydrogens (tertiary/aromatic N) is 2. The van der Waals surface area contributed by atoms with Crippen LogP contribution in [0.1, 0.15) is 29.5 Å². The Morgan fingerprint density at radius 1 is 1.13 bits per heavy atom. The molecule has 0 aromatic heterocycles. The van der Waals surface area contributed by atoms with Crippen LogP contribution in [0, 0.1) is 11.3 Å². The van der Waals surface area contributed by atoms with Crippen molar-refractivity contribution >= 4 is 5.69 Å². The Morgan fingerprint density at radius 2 is 1.91 bits per heavy atom. The first-order chi connectivity index (χ1) is 11.1. The van der Waals surface area contributed by atoms with Gasteiger partial charge in [0.1, 0.15) is 5.75 Å². The van der Waals surface area contributed by atoms with Crippen LogP contribution in [-0.4, -0.2) is 21.2 Å². The van der Waals surface area contributed by atoms with Gasteiger partial charge >= 0.3 is 0 Å². The number of hydrogen-bond donors (Lipinski definition) is 0. The van der Waals surface area contributed by atoms with E-state index >= 15 is 0 Å². The Balaban J connectivity index is 2.34. The molecule has 0 fully saturated rings. The van der Waals surface area contributed by atoms with E-state index in [0.29, 0.717) is 6.42 Å². The third-order valence-corrected chi connectivity index (χ3v) is 4.10. The lowest BCUT2D eigenvalue weighted by atomic mass is 9.91. The van der Waals surface area contributed by atoms with Gasteiger partial charge in [0, 0.05) is 25.3 Å². The van der Waals surface area contributed by atoms with Crippen molar-refractivity contribution in [3.05, 3.63) is 59.2 Å². The first-order valence-electron chi connectivity index (χ1n) is 7.91. The zero-order valence-electron chi connectivity index (χ0n) is 14.3. The minimum absolute atomic E-state index is 0.214. The molecule has 0 saturated heterocycles. The monoisotopic (exact) mass is 308 g/mol. The molecule has 1 atom stereocenters. The van der Waals surface area contributed by atoms with Crippen LogP contribution in [0.5, 0.6) is 5.75 Å². The lowest BCUT2D eigenvalue weighted by Gasteiger charge is -2.17. The average molecular weight is 308 g/mol.